The van der Waals surface area contributed by atoms with Gasteiger partial charge in [-0.25, -0.2) is 4.98 Å². The lowest BCUT2D eigenvalue weighted by molar-refractivity contribution is 0.483. The van der Waals surface area contributed by atoms with Gasteiger partial charge in [-0.1, -0.05) is 30.3 Å². The molecule has 1 aromatic carbocycles. The van der Waals surface area contributed by atoms with E-state index in [4.69, 9.17) is 0 Å². The van der Waals surface area contributed by atoms with Crippen LogP contribution in [0.15, 0.2) is 41.2 Å². The second kappa shape index (κ2) is 5.63. The first-order valence-electron chi connectivity index (χ1n) is 6.59. The molecule has 2 aromatic rings. The monoisotopic (exact) mass is 258 g/mol. The molecule has 0 aliphatic heterocycles. The first kappa shape index (κ1) is 11.9. The summed E-state index contributed by atoms with van der Waals surface area (Å²) in [5, 5.41) is 5.84. The van der Waals surface area contributed by atoms with Crippen molar-refractivity contribution in [1.29, 1.82) is 0 Å². The minimum absolute atomic E-state index is 0.532. The zero-order valence-electron chi connectivity index (χ0n) is 10.4. The van der Waals surface area contributed by atoms with Crippen LogP contribution in [0.1, 0.15) is 30.1 Å². The average molecular weight is 258 g/mol. The second-order valence-electron chi connectivity index (χ2n) is 4.91. The number of rotatable bonds is 6. The smallest absolute Gasteiger partial charge is 0.0794 e. The Kier molecular flexibility index (Phi) is 3.72. The fourth-order valence-electron chi connectivity index (χ4n) is 2.36. The van der Waals surface area contributed by atoms with Gasteiger partial charge in [0, 0.05) is 24.4 Å². The van der Waals surface area contributed by atoms with E-state index in [0.717, 1.165) is 18.9 Å². The van der Waals surface area contributed by atoms with Crippen molar-refractivity contribution in [3.05, 3.63) is 52.5 Å². The van der Waals surface area contributed by atoms with E-state index < -0.39 is 0 Å². The van der Waals surface area contributed by atoms with Crippen molar-refractivity contribution >= 4 is 11.3 Å². The van der Waals surface area contributed by atoms with Gasteiger partial charge in [0.25, 0.3) is 0 Å². The molecule has 94 valence electrons. The Bertz CT molecular complexity index is 463. The number of hydrogen-bond acceptors (Lipinski definition) is 3. The van der Waals surface area contributed by atoms with Crippen LogP contribution in [0.3, 0.4) is 0 Å². The maximum atomic E-state index is 4.32. The van der Waals surface area contributed by atoms with Crippen LogP contribution in [0.2, 0.25) is 0 Å². The van der Waals surface area contributed by atoms with Crippen LogP contribution in [-0.2, 0) is 6.42 Å². The lowest BCUT2D eigenvalue weighted by Gasteiger charge is -2.18. The van der Waals surface area contributed by atoms with Gasteiger partial charge >= 0.3 is 0 Å². The van der Waals surface area contributed by atoms with Crippen LogP contribution in [0.5, 0.6) is 0 Å². The van der Waals surface area contributed by atoms with Gasteiger partial charge in [-0.3, -0.25) is 0 Å². The van der Waals surface area contributed by atoms with Crippen LogP contribution in [-0.4, -0.2) is 11.5 Å². The largest absolute Gasteiger partial charge is 0.309 e. The zero-order valence-corrected chi connectivity index (χ0v) is 11.2. The lowest BCUT2D eigenvalue weighted by atomic mass is 10.0. The molecule has 1 fully saturated rings. The summed E-state index contributed by atoms with van der Waals surface area (Å²) in [7, 11) is 0. The minimum Gasteiger partial charge on any atom is -0.309 e. The molecule has 1 aliphatic rings. The molecule has 0 amide bonds. The van der Waals surface area contributed by atoms with Gasteiger partial charge in [-0.15, -0.1) is 11.3 Å². The Morgan fingerprint density at radius 3 is 2.78 bits per heavy atom. The number of nitrogens with one attached hydrogen (secondary N) is 1. The van der Waals surface area contributed by atoms with Crippen molar-refractivity contribution in [2.24, 2.45) is 5.92 Å². The van der Waals surface area contributed by atoms with Crippen molar-refractivity contribution in [3.8, 4) is 0 Å². The van der Waals surface area contributed by atoms with Gasteiger partial charge < -0.3 is 5.32 Å². The molecule has 1 unspecified atom stereocenters. The molecule has 1 N–H and O–H groups in total. The first-order chi connectivity index (χ1) is 8.93. The lowest BCUT2D eigenvalue weighted by Crippen LogP contribution is -2.25. The highest BCUT2D eigenvalue weighted by atomic mass is 32.1. The number of hydrogen-bond donors (Lipinski definition) is 1. The Morgan fingerprint density at radius 1 is 1.28 bits per heavy atom. The Hall–Kier alpha value is -1.19. The molecule has 18 heavy (non-hydrogen) atoms. The van der Waals surface area contributed by atoms with E-state index >= 15 is 0 Å². The van der Waals surface area contributed by atoms with Gasteiger partial charge in [0.1, 0.15) is 0 Å². The molecule has 1 heterocycles. The quantitative estimate of drug-likeness (QED) is 0.858. The van der Waals surface area contributed by atoms with Gasteiger partial charge in [0.2, 0.25) is 0 Å². The highest BCUT2D eigenvalue weighted by molar-refractivity contribution is 7.07. The predicted octanol–water partition coefficient (Wildman–Crippen LogP) is 3.43. The fraction of sp³-hybridized carbons (Fsp3) is 0.400. The van der Waals surface area contributed by atoms with E-state index in [-0.39, 0.29) is 0 Å². The van der Waals surface area contributed by atoms with Crippen LogP contribution >= 0.6 is 11.3 Å². The SMILES string of the molecule is c1ccc(C(NCCc2cscn2)C2CC2)cc1. The van der Waals surface area contributed by atoms with E-state index in [1.54, 1.807) is 11.3 Å². The Balaban J connectivity index is 1.58. The molecule has 1 atom stereocenters. The van der Waals surface area contributed by atoms with E-state index in [2.05, 4.69) is 46.0 Å². The number of benzene rings is 1. The summed E-state index contributed by atoms with van der Waals surface area (Å²) in [6.07, 6.45) is 3.76. The summed E-state index contributed by atoms with van der Waals surface area (Å²) >= 11 is 1.67. The third kappa shape index (κ3) is 2.98. The first-order valence-corrected chi connectivity index (χ1v) is 7.53. The molecular formula is C15H18N2S. The van der Waals surface area contributed by atoms with E-state index in [0.29, 0.717) is 6.04 Å². The minimum atomic E-state index is 0.532. The second-order valence-corrected chi connectivity index (χ2v) is 5.63. The molecule has 3 rings (SSSR count). The maximum absolute atomic E-state index is 4.32. The number of nitrogens with zero attached hydrogens (tertiary/aromatic N) is 1. The van der Waals surface area contributed by atoms with Crippen LogP contribution in [0.4, 0.5) is 0 Å². The predicted molar refractivity (Wildman–Crippen MR) is 75.7 cm³/mol. The Labute approximate surface area is 112 Å². The molecule has 3 heteroatoms. The fourth-order valence-corrected chi connectivity index (χ4v) is 2.96. The summed E-state index contributed by atoms with van der Waals surface area (Å²) in [4.78, 5) is 4.32. The van der Waals surface area contributed by atoms with Crippen molar-refractivity contribution in [1.82, 2.24) is 10.3 Å². The van der Waals surface area contributed by atoms with E-state index in [9.17, 15) is 0 Å². The highest BCUT2D eigenvalue weighted by Crippen LogP contribution is 2.40. The van der Waals surface area contributed by atoms with Crippen LogP contribution in [0, 0.1) is 5.92 Å². The summed E-state index contributed by atoms with van der Waals surface area (Å²) in [5.74, 6) is 0.836. The summed E-state index contributed by atoms with van der Waals surface area (Å²) in [6, 6.07) is 11.4. The van der Waals surface area contributed by atoms with Gasteiger partial charge in [0.05, 0.1) is 11.2 Å². The molecule has 2 nitrogen and oxygen atoms in total. The molecule has 0 bridgehead atoms. The molecule has 1 saturated carbocycles. The molecule has 1 aliphatic carbocycles. The zero-order chi connectivity index (χ0) is 12.2. The van der Waals surface area contributed by atoms with E-state index in [1.165, 1.54) is 24.1 Å². The van der Waals surface area contributed by atoms with Crippen molar-refractivity contribution in [2.45, 2.75) is 25.3 Å². The maximum Gasteiger partial charge on any atom is 0.0794 e. The normalized spacial score (nSPS) is 16.7. The summed E-state index contributed by atoms with van der Waals surface area (Å²) < 4.78 is 0. The third-order valence-corrected chi connectivity index (χ3v) is 4.12. The van der Waals surface area contributed by atoms with Gasteiger partial charge in [0.15, 0.2) is 0 Å². The summed E-state index contributed by atoms with van der Waals surface area (Å²) in [5.41, 5.74) is 4.54. The highest BCUT2D eigenvalue weighted by Gasteiger charge is 2.31. The van der Waals surface area contributed by atoms with Crippen molar-refractivity contribution in [3.63, 3.8) is 0 Å². The molecule has 0 spiro atoms. The average Bonchev–Trinajstić information content (AvgIpc) is 3.12. The molecular weight excluding hydrogens is 240 g/mol. The van der Waals surface area contributed by atoms with E-state index in [1.807, 2.05) is 5.51 Å². The Morgan fingerprint density at radius 2 is 2.11 bits per heavy atom. The number of aromatic nitrogens is 1. The summed E-state index contributed by atoms with van der Waals surface area (Å²) in [6.45, 7) is 1.01. The van der Waals surface area contributed by atoms with Gasteiger partial charge in [-0.2, -0.15) is 0 Å². The van der Waals surface area contributed by atoms with Crippen LogP contribution < -0.4 is 5.32 Å². The standard InChI is InChI=1S/C15H18N2S/c1-2-4-12(5-3-1)15(13-6-7-13)16-9-8-14-10-18-11-17-14/h1-5,10-11,13,15-16H,6-9H2. The van der Waals surface area contributed by atoms with Gasteiger partial charge in [-0.05, 0) is 24.3 Å². The van der Waals surface area contributed by atoms with Crippen molar-refractivity contribution in [2.75, 3.05) is 6.54 Å². The molecule has 0 saturated heterocycles. The topological polar surface area (TPSA) is 24.9 Å². The van der Waals surface area contributed by atoms with Crippen LogP contribution in [0.25, 0.3) is 0 Å². The molecule has 1 aromatic heterocycles. The molecule has 0 radical (unpaired) electrons. The number of thiazole rings is 1. The third-order valence-electron chi connectivity index (χ3n) is 3.48. The van der Waals surface area contributed by atoms with Crippen molar-refractivity contribution < 1.29 is 0 Å².